The summed E-state index contributed by atoms with van der Waals surface area (Å²) in [6.07, 6.45) is 1.79. The first kappa shape index (κ1) is 32.6. The highest BCUT2D eigenvalue weighted by atomic mass is 79.9. The minimum Gasteiger partial charge on any atom is -0.490 e. The van der Waals surface area contributed by atoms with Crippen molar-refractivity contribution < 1.29 is 19.1 Å². The van der Waals surface area contributed by atoms with Crippen molar-refractivity contribution in [2.75, 3.05) is 25.1 Å². The number of hydrogen-bond acceptors (Lipinski definition) is 6. The van der Waals surface area contributed by atoms with E-state index in [2.05, 4.69) is 58.1 Å². The molecular formula is C30H27Br3ClN3O4S. The van der Waals surface area contributed by atoms with E-state index < -0.39 is 0 Å². The Kier molecular flexibility index (Phi) is 11.2. The fourth-order valence-electron chi connectivity index (χ4n) is 3.96. The number of nitrogens with one attached hydrogen (secondary N) is 1. The molecule has 12 heteroatoms. The van der Waals surface area contributed by atoms with Crippen LogP contribution in [0.1, 0.15) is 30.5 Å². The van der Waals surface area contributed by atoms with Gasteiger partial charge in [0, 0.05) is 15.5 Å². The molecule has 0 atom stereocenters. The summed E-state index contributed by atoms with van der Waals surface area (Å²) in [7, 11) is 0. The molecule has 0 radical (unpaired) electrons. The topological polar surface area (TPSA) is 80.2 Å². The number of amides is 2. The monoisotopic (exact) mass is 797 g/mol. The fourth-order valence-corrected chi connectivity index (χ4v) is 6.58. The van der Waals surface area contributed by atoms with E-state index in [0.29, 0.717) is 55.6 Å². The number of nitrogens with zero attached hydrogens (tertiary/aromatic N) is 2. The highest BCUT2D eigenvalue weighted by Gasteiger charge is 2.32. The van der Waals surface area contributed by atoms with Crippen molar-refractivity contribution in [2.45, 2.75) is 27.7 Å². The summed E-state index contributed by atoms with van der Waals surface area (Å²) in [6.45, 7) is 8.38. The van der Waals surface area contributed by atoms with E-state index in [1.807, 2.05) is 58.0 Å². The van der Waals surface area contributed by atoms with Crippen LogP contribution in [-0.4, -0.2) is 41.6 Å². The van der Waals surface area contributed by atoms with E-state index in [0.717, 1.165) is 25.6 Å². The number of benzene rings is 3. The van der Waals surface area contributed by atoms with Gasteiger partial charge >= 0.3 is 0 Å². The van der Waals surface area contributed by atoms with Gasteiger partial charge in [-0.2, -0.15) is 0 Å². The first-order valence-corrected chi connectivity index (χ1v) is 16.5. The van der Waals surface area contributed by atoms with Crippen molar-refractivity contribution in [3.8, 4) is 11.5 Å². The van der Waals surface area contributed by atoms with E-state index in [4.69, 9.17) is 21.1 Å². The Morgan fingerprint density at radius 2 is 1.76 bits per heavy atom. The highest BCUT2D eigenvalue weighted by molar-refractivity contribution is 9.11. The Morgan fingerprint density at radius 3 is 2.45 bits per heavy atom. The second-order valence-electron chi connectivity index (χ2n) is 9.17. The smallest absolute Gasteiger partial charge is 0.266 e. The van der Waals surface area contributed by atoms with E-state index in [1.165, 1.54) is 11.8 Å². The van der Waals surface area contributed by atoms with Crippen molar-refractivity contribution in [1.29, 1.82) is 0 Å². The highest BCUT2D eigenvalue weighted by Crippen LogP contribution is 2.40. The minimum atomic E-state index is -0.314. The number of amidine groups is 1. The Balaban J connectivity index is 1.55. The zero-order valence-corrected chi connectivity index (χ0v) is 29.5. The number of halogens is 4. The second-order valence-corrected chi connectivity index (χ2v) is 13.1. The third-order valence-electron chi connectivity index (χ3n) is 6.17. The number of ether oxygens (including phenoxy) is 2. The number of hydrogen-bond donors (Lipinski definition) is 1. The van der Waals surface area contributed by atoms with Gasteiger partial charge in [-0.15, -0.1) is 0 Å². The van der Waals surface area contributed by atoms with Gasteiger partial charge in [0.15, 0.2) is 23.3 Å². The lowest BCUT2D eigenvalue weighted by atomic mass is 10.1. The molecule has 1 aliphatic rings. The molecule has 1 heterocycles. The lowest BCUT2D eigenvalue weighted by molar-refractivity contribution is -0.122. The zero-order chi connectivity index (χ0) is 30.6. The van der Waals surface area contributed by atoms with E-state index in [1.54, 1.807) is 23.1 Å². The van der Waals surface area contributed by atoms with Gasteiger partial charge in [-0.3, -0.25) is 14.5 Å². The van der Waals surface area contributed by atoms with Crippen LogP contribution in [0.15, 0.2) is 65.8 Å². The van der Waals surface area contributed by atoms with Gasteiger partial charge in [-0.1, -0.05) is 11.6 Å². The normalized spacial score (nSPS) is 15.0. The molecule has 0 aromatic heterocycles. The van der Waals surface area contributed by atoms with Crippen LogP contribution in [0.4, 0.5) is 11.4 Å². The van der Waals surface area contributed by atoms with Gasteiger partial charge < -0.3 is 14.8 Å². The van der Waals surface area contributed by atoms with Crippen molar-refractivity contribution in [3.05, 3.63) is 82.5 Å². The first-order chi connectivity index (χ1) is 20.0. The van der Waals surface area contributed by atoms with Gasteiger partial charge in [0.25, 0.3) is 11.8 Å². The molecule has 3 aromatic rings. The van der Waals surface area contributed by atoms with Crippen LogP contribution < -0.4 is 14.8 Å². The number of anilines is 1. The molecule has 0 saturated carbocycles. The Labute approximate surface area is 279 Å². The number of carbonyl (C=O) groups excluding carboxylic acids is 2. The second kappa shape index (κ2) is 14.4. The summed E-state index contributed by atoms with van der Waals surface area (Å²) in [6, 6.07) is 12.9. The molecule has 3 aromatic carbocycles. The molecule has 7 nitrogen and oxygen atoms in total. The standard InChI is InChI=1S/C30H27Br3ClN3O4S/c1-5-37-29(39)26(42-30(37)35-19-7-8-20(31)23(34)14-19)13-18-11-22(33)28(25(12-18)40-6-2)41-15-27(38)36-24-10-17(4)16(3)9-21(24)32/h7-14H,5-6,15H2,1-4H3,(H,36,38)/b26-13+,35-30?. The summed E-state index contributed by atoms with van der Waals surface area (Å²) in [5.74, 6) is 0.377. The van der Waals surface area contributed by atoms with Crippen LogP contribution in [0.2, 0.25) is 5.02 Å². The van der Waals surface area contributed by atoms with Crippen molar-refractivity contribution in [3.63, 3.8) is 0 Å². The molecule has 4 rings (SSSR count). The van der Waals surface area contributed by atoms with Gasteiger partial charge in [0.2, 0.25) is 0 Å². The van der Waals surface area contributed by atoms with E-state index in [9.17, 15) is 9.59 Å². The van der Waals surface area contributed by atoms with Crippen LogP contribution in [-0.2, 0) is 9.59 Å². The molecule has 0 unspecified atom stereocenters. The van der Waals surface area contributed by atoms with Gasteiger partial charge in [0.1, 0.15) is 0 Å². The van der Waals surface area contributed by atoms with Crippen LogP contribution >= 0.6 is 71.2 Å². The molecule has 1 aliphatic heterocycles. The number of aliphatic imine (C=N–C) groups is 1. The Hall–Kier alpha value is -2.31. The Morgan fingerprint density at radius 1 is 1.02 bits per heavy atom. The molecule has 0 bridgehead atoms. The molecule has 1 saturated heterocycles. The molecule has 1 fully saturated rings. The quantitative estimate of drug-likeness (QED) is 0.219. The third-order valence-corrected chi connectivity index (χ3v) is 9.65. The molecule has 42 heavy (non-hydrogen) atoms. The first-order valence-electron chi connectivity index (χ1n) is 12.9. The van der Waals surface area contributed by atoms with Crippen molar-refractivity contribution in [2.24, 2.45) is 4.99 Å². The van der Waals surface area contributed by atoms with Crippen LogP contribution in [0.5, 0.6) is 11.5 Å². The zero-order valence-electron chi connectivity index (χ0n) is 23.2. The summed E-state index contributed by atoms with van der Waals surface area (Å²) < 4.78 is 13.9. The summed E-state index contributed by atoms with van der Waals surface area (Å²) in [5, 5.41) is 3.98. The molecule has 0 aliphatic carbocycles. The number of thioether (sulfide) groups is 1. The van der Waals surface area contributed by atoms with Gasteiger partial charge in [-0.25, -0.2) is 4.99 Å². The number of likely N-dealkylation sites (N-methyl/N-ethyl adjacent to an activating group) is 1. The number of aryl methyl sites for hydroxylation is 2. The van der Waals surface area contributed by atoms with Crippen LogP contribution in [0.25, 0.3) is 6.08 Å². The maximum absolute atomic E-state index is 13.2. The van der Waals surface area contributed by atoms with Crippen molar-refractivity contribution in [1.82, 2.24) is 4.90 Å². The van der Waals surface area contributed by atoms with Gasteiger partial charge in [-0.05, 0) is 152 Å². The lowest BCUT2D eigenvalue weighted by Crippen LogP contribution is -2.28. The Bertz CT molecular complexity index is 1610. The molecule has 2 amide bonds. The third kappa shape index (κ3) is 7.79. The minimum absolute atomic E-state index is 0.145. The molecule has 1 N–H and O–H groups in total. The predicted molar refractivity (Wildman–Crippen MR) is 182 cm³/mol. The van der Waals surface area contributed by atoms with Crippen LogP contribution in [0, 0.1) is 13.8 Å². The van der Waals surface area contributed by atoms with Crippen molar-refractivity contribution >= 4 is 106 Å². The SMILES string of the molecule is CCOc1cc(/C=C2/SC(=Nc3ccc(Br)c(Cl)c3)N(CC)C2=O)cc(Br)c1OCC(=O)Nc1cc(C)c(C)cc1Br. The number of rotatable bonds is 9. The summed E-state index contributed by atoms with van der Waals surface area (Å²) in [5.41, 5.74) is 4.23. The lowest BCUT2D eigenvalue weighted by Gasteiger charge is -2.15. The van der Waals surface area contributed by atoms with E-state index in [-0.39, 0.29) is 18.4 Å². The molecule has 0 spiro atoms. The number of carbonyl (C=O) groups is 2. The maximum atomic E-state index is 13.2. The maximum Gasteiger partial charge on any atom is 0.266 e. The average molecular weight is 801 g/mol. The van der Waals surface area contributed by atoms with Gasteiger partial charge in [0.05, 0.1) is 32.4 Å². The predicted octanol–water partition coefficient (Wildman–Crippen LogP) is 9.28. The van der Waals surface area contributed by atoms with E-state index >= 15 is 0 Å². The molecular weight excluding hydrogens is 774 g/mol. The average Bonchev–Trinajstić information content (AvgIpc) is 3.22. The van der Waals surface area contributed by atoms with Crippen LogP contribution in [0.3, 0.4) is 0 Å². The summed E-state index contributed by atoms with van der Waals surface area (Å²) in [4.78, 5) is 32.7. The summed E-state index contributed by atoms with van der Waals surface area (Å²) >= 11 is 18.0. The fraction of sp³-hybridized carbons (Fsp3) is 0.233. The largest absolute Gasteiger partial charge is 0.490 e. The molecule has 220 valence electrons.